The number of imidazole rings is 2. The van der Waals surface area contributed by atoms with Crippen molar-refractivity contribution in [1.29, 1.82) is 0 Å². The number of hydrogen-bond acceptors (Lipinski definition) is 24. The molecule has 739 valence electrons. The Morgan fingerprint density at radius 2 is 0.551 bits per heavy atom. The first-order valence-corrected chi connectivity index (χ1v) is 46.1. The van der Waals surface area contributed by atoms with Gasteiger partial charge in [-0.25, -0.2) is 40.2 Å². The summed E-state index contributed by atoms with van der Waals surface area (Å²) in [6.45, 7) is 68.4. The average Bonchev–Trinajstić information content (AvgIpc) is 1.63. The number of aromatic nitrogens is 24. The molecule has 1 radical (unpaired) electrons. The molecule has 0 bridgehead atoms. The number of benzene rings is 4. The summed E-state index contributed by atoms with van der Waals surface area (Å²) in [5.41, 5.74) is 13.8. The third kappa shape index (κ3) is 26.3. The number of aryl methyl sites for hydroxylation is 4. The number of rotatable bonds is 22. The zero-order chi connectivity index (χ0) is 99.1. The molecule has 12 heterocycles. The Morgan fingerprint density at radius 1 is 0.319 bits per heavy atom. The predicted molar refractivity (Wildman–Crippen MR) is 522 cm³/mol. The van der Waals surface area contributed by atoms with E-state index in [1.54, 1.807) is 37.5 Å². The summed E-state index contributed by atoms with van der Waals surface area (Å²) >= 11 is 0. The van der Waals surface area contributed by atoms with E-state index in [2.05, 4.69) is 205 Å². The number of quaternary nitrogens is 2. The number of esters is 2. The third-order valence-corrected chi connectivity index (χ3v) is 21.4. The maximum absolute atomic E-state index is 12.6. The van der Waals surface area contributed by atoms with Gasteiger partial charge >= 0.3 is 11.9 Å². The first-order chi connectivity index (χ1) is 64.3. The van der Waals surface area contributed by atoms with E-state index in [1.165, 1.54) is 57.8 Å². The molecule has 0 saturated carbocycles. The van der Waals surface area contributed by atoms with Gasteiger partial charge in [0.05, 0.1) is 132 Å². The monoisotopic (exact) mass is 1960 g/mol. The van der Waals surface area contributed by atoms with Crippen LogP contribution in [-0.4, -0.2) is 144 Å². The van der Waals surface area contributed by atoms with Gasteiger partial charge < -0.3 is 100.0 Å². The average molecular weight is 1960 g/mol. The van der Waals surface area contributed by atoms with E-state index in [0.29, 0.717) is 91.4 Å². The van der Waals surface area contributed by atoms with Crippen molar-refractivity contribution in [1.82, 2.24) is 120 Å². The van der Waals surface area contributed by atoms with Crippen molar-refractivity contribution in [3.8, 4) is 45.0 Å². The Kier molecular flexibility index (Phi) is 36.3. The van der Waals surface area contributed by atoms with E-state index in [1.807, 2.05) is 218 Å². The van der Waals surface area contributed by atoms with Gasteiger partial charge in [-0.3, -0.25) is 49.2 Å². The molecule has 0 aliphatic carbocycles. The van der Waals surface area contributed by atoms with Crippen LogP contribution in [0.15, 0.2) is 162 Å². The van der Waals surface area contributed by atoms with Crippen LogP contribution in [0.2, 0.25) is 0 Å². The second-order valence-corrected chi connectivity index (χ2v) is 38.4. The predicted octanol–water partition coefficient (Wildman–Crippen LogP) is 17.7. The van der Waals surface area contributed by atoms with Crippen LogP contribution in [0.5, 0.6) is 0 Å². The van der Waals surface area contributed by atoms with E-state index in [-0.39, 0.29) is 103 Å². The molecular weight excluding hydrogens is 1830 g/mol. The summed E-state index contributed by atoms with van der Waals surface area (Å²) in [5.74, 6) is 2.20. The molecule has 0 amide bonds. The Balaban J connectivity index is 0.000000196. The minimum atomic E-state index is -0.517. The van der Waals surface area contributed by atoms with Gasteiger partial charge in [-0.15, -0.1) is 0 Å². The Labute approximate surface area is 826 Å². The van der Waals surface area contributed by atoms with Crippen LogP contribution in [0.4, 0.5) is 46.3 Å². The van der Waals surface area contributed by atoms with Crippen LogP contribution in [0.25, 0.3) is 67.6 Å². The normalized spacial score (nSPS) is 12.2. The zero-order valence-corrected chi connectivity index (χ0v) is 86.8. The number of azo groups is 4. The fourth-order valence-corrected chi connectivity index (χ4v) is 14.3. The molecule has 0 spiro atoms. The number of nitrogens with one attached hydrogen (secondary N) is 2. The molecule has 38 nitrogen and oxygen atoms in total. The summed E-state index contributed by atoms with van der Waals surface area (Å²) in [6, 6.07) is 39.9. The SMILES string of the molecule is CCOC(=O)c1c(C(C)(C)C)n[n-]c1N=Nc1c(C(C)(C)C)nn2nc(C)[n-]c12.CCOC(=O)c1c(C(C)(C)C)n[n-]c1N=Nc1c(C(C)(C)C)nn2nc(C)[n-]c12.CC[NH+](CC)CC.CC[NH+](CC)CC.Cc1nn2nc(C(C)(C)C)c(N=Nc3nc(-c4ccccc4)c(-c4ccccc4)[n-]3)c2[n-]1.Cc1nn2nc(C(C)(C)C)c(N=Nc3nc(-c4ccccc4)c(-c4ccccc4)[n-]3)c2[n-]1.[Co].[Ni]. The Morgan fingerprint density at radius 3 is 0.768 bits per heavy atom. The molecule has 0 atom stereocenters. The second-order valence-electron chi connectivity index (χ2n) is 38.4. The van der Waals surface area contributed by atoms with E-state index < -0.39 is 22.8 Å². The fraction of sp³-hybridized carbons (Fsp3) is 0.449. The van der Waals surface area contributed by atoms with E-state index >= 15 is 0 Å². The van der Waals surface area contributed by atoms with Gasteiger partial charge in [0.25, 0.3) is 0 Å². The van der Waals surface area contributed by atoms with Crippen LogP contribution >= 0.6 is 0 Å². The van der Waals surface area contributed by atoms with Gasteiger partial charge in [0.1, 0.15) is 11.4 Å². The quantitative estimate of drug-likeness (QED) is 0.0361. The molecule has 12 aromatic heterocycles. The molecule has 0 fully saturated rings. The molecular formula is C98H128CoN34NiO4-6. The summed E-state index contributed by atoms with van der Waals surface area (Å²) in [4.78, 5) is 65.0. The minimum Gasteiger partial charge on any atom is -0.462 e. The van der Waals surface area contributed by atoms with Gasteiger partial charge in [0.15, 0.2) is 0 Å². The number of hydrogen-bond donors (Lipinski definition) is 2. The van der Waals surface area contributed by atoms with E-state index in [0.717, 1.165) is 56.4 Å². The Hall–Kier alpha value is -13.3. The standard InChI is InChI=1S/2C24H22N8.2C19H27N8O2.2C6H15N.Co.Ni/c2*1-15-25-22-20(21(24(2,3)4)31-32(22)30-15)28-29-23-26-18(16-11-7-5-8-12-16)19(27-23)17-13-9-6-10-14-17;2*1-9-29-17(28)11-13(18(3,4)5)22-24-15(11)23-21-12-14(19(6,7)8)26-27-16(12)20-10(2)25-27;2*1-4-7(5-2)6-3;;/h2*5-14H,1-4H3;2*9H2,1-8H3,(H-,20,21,22,23,24,25,26,28);2*4-6H2,1-3H3;;/q2*-2;2*-1;;;;. The summed E-state index contributed by atoms with van der Waals surface area (Å²) in [7, 11) is 0. The van der Waals surface area contributed by atoms with Crippen molar-refractivity contribution in [2.45, 2.75) is 240 Å². The van der Waals surface area contributed by atoms with Crippen molar-refractivity contribution in [2.24, 2.45) is 40.9 Å². The van der Waals surface area contributed by atoms with E-state index in [4.69, 9.17) is 29.4 Å². The maximum Gasteiger partial charge on any atom is 0.339 e. The summed E-state index contributed by atoms with van der Waals surface area (Å²) in [6.07, 6.45) is 0. The number of ether oxygens (including phenoxy) is 2. The molecule has 2 N–H and O–H groups in total. The minimum absolute atomic E-state index is 0. The third-order valence-electron chi connectivity index (χ3n) is 21.4. The van der Waals surface area contributed by atoms with Gasteiger partial charge in [0.2, 0.25) is 0 Å². The van der Waals surface area contributed by atoms with E-state index in [9.17, 15) is 9.59 Å². The topological polar surface area (TPSA) is 445 Å². The molecule has 16 aromatic rings. The zero-order valence-electron chi connectivity index (χ0n) is 84.8. The first-order valence-electron chi connectivity index (χ1n) is 46.1. The molecule has 0 saturated heterocycles. The second kappa shape index (κ2) is 46.2. The fourth-order valence-electron chi connectivity index (χ4n) is 14.3. The molecule has 4 aromatic carbocycles. The molecule has 0 aliphatic rings. The van der Waals surface area contributed by atoms with Crippen LogP contribution in [0.3, 0.4) is 0 Å². The molecule has 40 heteroatoms. The first kappa shape index (κ1) is 108. The molecule has 16 rings (SSSR count). The number of nitrogens with zero attached hydrogens (tertiary/aromatic N) is 32. The number of carbonyl (C=O) groups is 2. The molecule has 0 unspecified atom stereocenters. The van der Waals surface area contributed by atoms with Crippen LogP contribution in [0, 0.1) is 27.7 Å². The summed E-state index contributed by atoms with van der Waals surface area (Å²) < 4.78 is 16.3. The van der Waals surface area contributed by atoms with Gasteiger partial charge in [-0.1, -0.05) is 246 Å². The van der Waals surface area contributed by atoms with Gasteiger partial charge in [-0.05, 0) is 140 Å². The van der Waals surface area contributed by atoms with Crippen LogP contribution in [0.1, 0.15) is 258 Å². The van der Waals surface area contributed by atoms with Crippen molar-refractivity contribution < 1.29 is 62.1 Å². The number of carbonyl (C=O) groups excluding carboxylic acids is 2. The van der Waals surface area contributed by atoms with Gasteiger partial charge in [0, 0.05) is 100 Å². The van der Waals surface area contributed by atoms with Gasteiger partial charge in [-0.2, -0.15) is 0 Å². The van der Waals surface area contributed by atoms with Crippen molar-refractivity contribution >= 4 is 80.8 Å². The van der Waals surface area contributed by atoms with Crippen molar-refractivity contribution in [3.05, 3.63) is 190 Å². The van der Waals surface area contributed by atoms with Crippen LogP contribution in [-0.2, 0) is 75.2 Å². The largest absolute Gasteiger partial charge is 0.462 e. The summed E-state index contributed by atoms with van der Waals surface area (Å²) in [5, 5.41) is 86.9. The molecule has 138 heavy (non-hydrogen) atoms. The molecule has 0 aliphatic heterocycles. The smallest absolute Gasteiger partial charge is 0.339 e. The van der Waals surface area contributed by atoms with Crippen molar-refractivity contribution in [3.63, 3.8) is 0 Å². The Bertz CT molecular complexity index is 6240. The van der Waals surface area contributed by atoms with Crippen LogP contribution < -0.4 is 49.9 Å². The maximum atomic E-state index is 12.6. The number of fused-ring (bicyclic) bond motifs is 4. The van der Waals surface area contributed by atoms with Crippen molar-refractivity contribution in [2.75, 3.05) is 52.5 Å².